The van der Waals surface area contributed by atoms with Gasteiger partial charge in [-0.3, -0.25) is 9.59 Å². The second kappa shape index (κ2) is 4.86. The fourth-order valence-corrected chi connectivity index (χ4v) is 2.09. The van der Waals surface area contributed by atoms with Crippen LogP contribution < -0.4 is 0 Å². The van der Waals surface area contributed by atoms with E-state index in [2.05, 4.69) is 4.98 Å². The highest BCUT2D eigenvalue weighted by Gasteiger charge is 2.38. The molecule has 7 nitrogen and oxygen atoms in total. The average Bonchev–Trinajstić information content (AvgIpc) is 2.97. The van der Waals surface area contributed by atoms with Crippen molar-refractivity contribution in [2.24, 2.45) is 0 Å². The molecule has 0 saturated heterocycles. The highest BCUT2D eigenvalue weighted by Crippen LogP contribution is 2.22. The van der Waals surface area contributed by atoms with Crippen LogP contribution in [0.1, 0.15) is 26.5 Å². The Morgan fingerprint density at radius 3 is 2.33 bits per heavy atom. The maximum absolute atomic E-state index is 12.0. The third-order valence-electron chi connectivity index (χ3n) is 3.17. The quantitative estimate of drug-likeness (QED) is 0.784. The van der Waals surface area contributed by atoms with E-state index in [1.54, 1.807) is 36.0 Å². The van der Waals surface area contributed by atoms with Crippen molar-refractivity contribution < 1.29 is 19.2 Å². The molecule has 0 spiro atoms. The largest absolute Gasteiger partial charge is 0.352 e. The zero-order valence-corrected chi connectivity index (χ0v) is 11.1. The summed E-state index contributed by atoms with van der Waals surface area (Å²) in [7, 11) is 0. The summed E-state index contributed by atoms with van der Waals surface area (Å²) in [4.78, 5) is 44.8. The molecule has 21 heavy (non-hydrogen) atoms. The van der Waals surface area contributed by atoms with Crippen LogP contribution in [0, 0.1) is 6.92 Å². The van der Waals surface area contributed by atoms with Gasteiger partial charge in [-0.1, -0.05) is 17.2 Å². The van der Waals surface area contributed by atoms with E-state index in [1.807, 2.05) is 0 Å². The van der Waals surface area contributed by atoms with E-state index in [0.29, 0.717) is 10.9 Å². The third kappa shape index (κ3) is 2.18. The molecule has 0 aliphatic carbocycles. The first-order chi connectivity index (χ1) is 10.1. The highest BCUT2D eigenvalue weighted by molar-refractivity contribution is 6.20. The summed E-state index contributed by atoms with van der Waals surface area (Å²) in [5.41, 5.74) is 0.461. The maximum atomic E-state index is 12.0. The van der Waals surface area contributed by atoms with Crippen LogP contribution in [0.5, 0.6) is 0 Å². The molecule has 0 bridgehead atoms. The van der Waals surface area contributed by atoms with Crippen LogP contribution in [0.3, 0.4) is 0 Å². The molecule has 0 unspecified atom stereocenters. The molecule has 0 atom stereocenters. The first-order valence-electron chi connectivity index (χ1n) is 6.24. The van der Waals surface area contributed by atoms with E-state index < -0.39 is 17.8 Å². The number of carbonyl (C=O) groups is 3. The fraction of sp³-hybridized carbons (Fsp3) is 0.143. The number of rotatable bonds is 3. The van der Waals surface area contributed by atoms with Crippen LogP contribution in [0.25, 0.3) is 0 Å². The molecule has 2 amide bonds. The third-order valence-corrected chi connectivity index (χ3v) is 3.17. The maximum Gasteiger partial charge on any atom is 0.352 e. The molecular formula is C14H11N3O4. The van der Waals surface area contributed by atoms with Gasteiger partial charge in [0.25, 0.3) is 11.8 Å². The molecule has 7 heteroatoms. The molecule has 1 aromatic heterocycles. The number of hydrogen-bond donors (Lipinski definition) is 0. The van der Waals surface area contributed by atoms with Crippen LogP contribution in [0.15, 0.2) is 36.7 Å². The minimum absolute atomic E-state index is 0.126. The number of imide groups is 1. The number of carbonyl (C=O) groups excluding carboxylic acids is 3. The Labute approximate surface area is 119 Å². The molecule has 0 radical (unpaired) electrons. The molecule has 2 heterocycles. The number of aryl methyl sites for hydroxylation is 1. The predicted octanol–water partition coefficient (Wildman–Crippen LogP) is 0.946. The average molecular weight is 285 g/mol. The predicted molar refractivity (Wildman–Crippen MR) is 70.0 cm³/mol. The van der Waals surface area contributed by atoms with Gasteiger partial charge in [-0.2, -0.15) is 0 Å². The summed E-state index contributed by atoms with van der Waals surface area (Å²) in [6.45, 7) is 1.61. The number of hydrogen-bond acceptors (Lipinski definition) is 5. The summed E-state index contributed by atoms with van der Waals surface area (Å²) < 4.78 is 1.56. The number of fused-ring (bicyclic) bond motifs is 1. The second-order valence-electron chi connectivity index (χ2n) is 4.52. The Kier molecular flexibility index (Phi) is 3.02. The van der Waals surface area contributed by atoms with Crippen molar-refractivity contribution in [2.75, 3.05) is 0 Å². The smallest absolute Gasteiger partial charge is 0.328 e. The Balaban J connectivity index is 1.75. The molecule has 1 aliphatic heterocycles. The van der Waals surface area contributed by atoms with E-state index in [4.69, 9.17) is 4.84 Å². The molecular weight excluding hydrogens is 274 g/mol. The van der Waals surface area contributed by atoms with Crippen LogP contribution in [0.2, 0.25) is 0 Å². The topological polar surface area (TPSA) is 81.5 Å². The SMILES string of the molecule is Cc1nccn1CC(=O)ON1C(=O)c2ccccc2C1=O. The molecule has 2 aromatic rings. The van der Waals surface area contributed by atoms with Gasteiger partial charge in [0.2, 0.25) is 0 Å². The number of hydroxylamine groups is 2. The van der Waals surface area contributed by atoms with E-state index in [9.17, 15) is 14.4 Å². The minimum Gasteiger partial charge on any atom is -0.328 e. The van der Waals surface area contributed by atoms with Crippen LogP contribution in [0.4, 0.5) is 0 Å². The first-order valence-corrected chi connectivity index (χ1v) is 6.24. The summed E-state index contributed by atoms with van der Waals surface area (Å²) in [5.74, 6) is -1.35. The zero-order chi connectivity index (χ0) is 15.0. The van der Waals surface area contributed by atoms with Gasteiger partial charge in [-0.15, -0.1) is 0 Å². The molecule has 1 aromatic carbocycles. The van der Waals surface area contributed by atoms with Gasteiger partial charge in [0, 0.05) is 12.4 Å². The Morgan fingerprint density at radius 2 is 1.81 bits per heavy atom. The van der Waals surface area contributed by atoms with E-state index >= 15 is 0 Å². The lowest BCUT2D eigenvalue weighted by molar-refractivity contribution is -0.169. The molecule has 0 fully saturated rings. The van der Waals surface area contributed by atoms with Gasteiger partial charge in [-0.25, -0.2) is 9.78 Å². The molecule has 1 aliphatic rings. The normalized spacial score (nSPS) is 13.5. The Morgan fingerprint density at radius 1 is 1.19 bits per heavy atom. The monoisotopic (exact) mass is 285 g/mol. The summed E-state index contributed by atoms with van der Waals surface area (Å²) >= 11 is 0. The number of imidazole rings is 1. The van der Waals surface area contributed by atoms with Crippen LogP contribution >= 0.6 is 0 Å². The van der Waals surface area contributed by atoms with Crippen molar-refractivity contribution in [2.45, 2.75) is 13.5 Å². The highest BCUT2D eigenvalue weighted by atomic mass is 16.7. The fourth-order valence-electron chi connectivity index (χ4n) is 2.09. The Hall–Kier alpha value is -2.96. The van der Waals surface area contributed by atoms with Gasteiger partial charge < -0.3 is 9.40 Å². The summed E-state index contributed by atoms with van der Waals surface area (Å²) in [6.07, 6.45) is 3.16. The van der Waals surface area contributed by atoms with Gasteiger partial charge in [0.05, 0.1) is 11.1 Å². The first kappa shape index (κ1) is 13.0. The lowest BCUT2D eigenvalue weighted by Gasteiger charge is -2.13. The molecule has 0 N–H and O–H groups in total. The summed E-state index contributed by atoms with van der Waals surface area (Å²) in [6, 6.07) is 6.32. The van der Waals surface area contributed by atoms with E-state index in [1.165, 1.54) is 12.1 Å². The molecule has 3 rings (SSSR count). The van der Waals surface area contributed by atoms with Gasteiger partial charge in [-0.05, 0) is 19.1 Å². The lowest BCUT2D eigenvalue weighted by Crippen LogP contribution is -2.34. The second-order valence-corrected chi connectivity index (χ2v) is 4.52. The number of aromatic nitrogens is 2. The zero-order valence-electron chi connectivity index (χ0n) is 11.1. The van der Waals surface area contributed by atoms with Crippen molar-refractivity contribution in [1.82, 2.24) is 14.6 Å². The van der Waals surface area contributed by atoms with Crippen molar-refractivity contribution in [3.63, 3.8) is 0 Å². The van der Waals surface area contributed by atoms with Gasteiger partial charge >= 0.3 is 5.97 Å². The number of nitrogens with zero attached hydrogens (tertiary/aromatic N) is 3. The van der Waals surface area contributed by atoms with Crippen LogP contribution in [-0.4, -0.2) is 32.4 Å². The van der Waals surface area contributed by atoms with Crippen LogP contribution in [-0.2, 0) is 16.2 Å². The molecule has 0 saturated carbocycles. The van der Waals surface area contributed by atoms with Gasteiger partial charge in [0.1, 0.15) is 12.4 Å². The van der Waals surface area contributed by atoms with Gasteiger partial charge in [0.15, 0.2) is 0 Å². The number of amides is 2. The minimum atomic E-state index is -0.717. The summed E-state index contributed by atoms with van der Waals surface area (Å²) in [5, 5.41) is 0.499. The van der Waals surface area contributed by atoms with Crippen molar-refractivity contribution in [1.29, 1.82) is 0 Å². The van der Waals surface area contributed by atoms with Crippen molar-refractivity contribution in [3.05, 3.63) is 53.6 Å². The van der Waals surface area contributed by atoms with Crippen molar-refractivity contribution >= 4 is 17.8 Å². The lowest BCUT2D eigenvalue weighted by atomic mass is 10.1. The number of benzene rings is 1. The standard InChI is InChI=1S/C14H11N3O4/c1-9-15-6-7-16(9)8-12(18)21-17-13(19)10-4-2-3-5-11(10)14(17)20/h2-7H,8H2,1H3. The van der Waals surface area contributed by atoms with E-state index in [-0.39, 0.29) is 17.7 Å². The van der Waals surface area contributed by atoms with Crippen molar-refractivity contribution in [3.8, 4) is 0 Å². The Bertz CT molecular complexity index is 715. The molecule has 106 valence electrons. The van der Waals surface area contributed by atoms with E-state index in [0.717, 1.165) is 0 Å².